The van der Waals surface area contributed by atoms with E-state index >= 15 is 0 Å². The summed E-state index contributed by atoms with van der Waals surface area (Å²) in [7, 11) is 0. The van der Waals surface area contributed by atoms with Crippen LogP contribution in [-0.4, -0.2) is 24.0 Å². The smallest absolute Gasteiger partial charge is 0.370 e. The number of aromatic nitrogens is 1. The quantitative estimate of drug-likeness (QED) is 0.800. The summed E-state index contributed by atoms with van der Waals surface area (Å²) in [6.45, 7) is 1.00. The molecular formula is C12H16F3NO2S. The Kier molecular flexibility index (Phi) is 4.35. The van der Waals surface area contributed by atoms with E-state index in [9.17, 15) is 18.0 Å². The van der Waals surface area contributed by atoms with E-state index in [1.54, 1.807) is 4.57 Å². The molecule has 0 saturated carbocycles. The zero-order chi connectivity index (χ0) is 14.0. The third kappa shape index (κ3) is 3.82. The van der Waals surface area contributed by atoms with E-state index in [1.165, 1.54) is 11.3 Å². The second kappa shape index (κ2) is 5.66. The Labute approximate surface area is 113 Å². The summed E-state index contributed by atoms with van der Waals surface area (Å²) in [5.41, 5.74) is 0.990. The molecule has 19 heavy (non-hydrogen) atoms. The van der Waals surface area contributed by atoms with Crippen molar-refractivity contribution in [1.29, 1.82) is 0 Å². The van der Waals surface area contributed by atoms with Crippen LogP contribution >= 0.6 is 11.3 Å². The molecule has 0 spiro atoms. The van der Waals surface area contributed by atoms with Crippen molar-refractivity contribution in [1.82, 2.24) is 4.57 Å². The lowest BCUT2D eigenvalue weighted by atomic mass is 9.93. The number of ether oxygens (including phenoxy) is 1. The zero-order valence-corrected chi connectivity index (χ0v) is 11.4. The molecular weight excluding hydrogens is 279 g/mol. The predicted octanol–water partition coefficient (Wildman–Crippen LogP) is 2.61. The first-order chi connectivity index (χ1) is 8.87. The van der Waals surface area contributed by atoms with Crippen molar-refractivity contribution in [3.8, 4) is 0 Å². The van der Waals surface area contributed by atoms with Gasteiger partial charge in [0.25, 0.3) is 0 Å². The highest BCUT2D eigenvalue weighted by Crippen LogP contribution is 2.27. The van der Waals surface area contributed by atoms with Crippen LogP contribution in [0.15, 0.2) is 4.79 Å². The van der Waals surface area contributed by atoms with Gasteiger partial charge in [-0.1, -0.05) is 18.3 Å². The lowest BCUT2D eigenvalue weighted by Gasteiger charge is -2.19. The monoisotopic (exact) mass is 295 g/mol. The van der Waals surface area contributed by atoms with Gasteiger partial charge in [-0.05, 0) is 25.2 Å². The Morgan fingerprint density at radius 2 is 2.21 bits per heavy atom. The molecule has 1 atom stereocenters. The predicted molar refractivity (Wildman–Crippen MR) is 66.6 cm³/mol. The molecule has 3 nitrogen and oxygen atoms in total. The number of rotatable bonds is 4. The van der Waals surface area contributed by atoms with Gasteiger partial charge in [0, 0.05) is 10.6 Å². The maximum atomic E-state index is 11.9. The van der Waals surface area contributed by atoms with Crippen molar-refractivity contribution >= 4 is 11.3 Å². The van der Waals surface area contributed by atoms with Gasteiger partial charge >= 0.3 is 11.0 Å². The lowest BCUT2D eigenvalue weighted by Crippen LogP contribution is -2.24. The molecule has 0 aliphatic heterocycles. The summed E-state index contributed by atoms with van der Waals surface area (Å²) in [5, 5.41) is 0. The van der Waals surface area contributed by atoms with Crippen molar-refractivity contribution in [2.24, 2.45) is 5.92 Å². The summed E-state index contributed by atoms with van der Waals surface area (Å²) in [4.78, 5) is 12.8. The van der Waals surface area contributed by atoms with Crippen LogP contribution in [0.2, 0.25) is 0 Å². The number of alkyl halides is 3. The second-order valence-corrected chi connectivity index (χ2v) is 5.95. The fourth-order valence-corrected chi connectivity index (χ4v) is 3.51. The van der Waals surface area contributed by atoms with Crippen molar-refractivity contribution in [3.05, 3.63) is 20.2 Å². The van der Waals surface area contributed by atoms with E-state index in [4.69, 9.17) is 0 Å². The zero-order valence-electron chi connectivity index (χ0n) is 10.6. The van der Waals surface area contributed by atoms with Crippen LogP contribution in [0.1, 0.15) is 23.9 Å². The fourth-order valence-electron chi connectivity index (χ4n) is 2.29. The van der Waals surface area contributed by atoms with Gasteiger partial charge < -0.3 is 9.30 Å². The van der Waals surface area contributed by atoms with Crippen LogP contribution in [0, 0.1) is 5.92 Å². The molecule has 0 aromatic carbocycles. The van der Waals surface area contributed by atoms with Gasteiger partial charge in [0.2, 0.25) is 0 Å². The van der Waals surface area contributed by atoms with Crippen LogP contribution in [-0.2, 0) is 24.1 Å². The summed E-state index contributed by atoms with van der Waals surface area (Å²) < 4.78 is 41.9. The minimum Gasteiger partial charge on any atom is -0.370 e. The molecule has 7 heteroatoms. The van der Waals surface area contributed by atoms with Crippen LogP contribution in [0.25, 0.3) is 0 Å². The highest BCUT2D eigenvalue weighted by atomic mass is 32.1. The molecule has 1 aliphatic rings. The molecule has 0 unspecified atom stereocenters. The number of nitrogens with zero attached hydrogens (tertiary/aromatic N) is 1. The van der Waals surface area contributed by atoms with E-state index in [1.807, 2.05) is 0 Å². The SMILES string of the molecule is C[C@H]1CCc2c(sc(=O)n2CCOCC(F)(F)F)C1. The van der Waals surface area contributed by atoms with E-state index in [0.717, 1.165) is 29.8 Å². The lowest BCUT2D eigenvalue weighted by molar-refractivity contribution is -0.174. The first-order valence-electron chi connectivity index (χ1n) is 6.22. The van der Waals surface area contributed by atoms with E-state index in [-0.39, 0.29) is 18.0 Å². The third-order valence-corrected chi connectivity index (χ3v) is 4.26. The Hall–Kier alpha value is -0.820. The van der Waals surface area contributed by atoms with E-state index in [0.29, 0.717) is 5.92 Å². The highest BCUT2D eigenvalue weighted by molar-refractivity contribution is 7.09. The Morgan fingerprint density at radius 1 is 1.47 bits per heavy atom. The van der Waals surface area contributed by atoms with Gasteiger partial charge in [0.15, 0.2) is 0 Å². The Morgan fingerprint density at radius 3 is 2.89 bits per heavy atom. The largest absolute Gasteiger partial charge is 0.411 e. The van der Waals surface area contributed by atoms with Crippen LogP contribution in [0.5, 0.6) is 0 Å². The maximum Gasteiger partial charge on any atom is 0.411 e. The number of hydrogen-bond acceptors (Lipinski definition) is 3. The van der Waals surface area contributed by atoms with Crippen molar-refractivity contribution in [2.45, 2.75) is 38.9 Å². The molecule has 1 aromatic rings. The number of hydrogen-bond donors (Lipinski definition) is 0. The molecule has 0 N–H and O–H groups in total. The summed E-state index contributed by atoms with van der Waals surface area (Å²) in [5.74, 6) is 0.570. The van der Waals surface area contributed by atoms with Gasteiger partial charge in [-0.15, -0.1) is 0 Å². The molecule has 0 saturated heterocycles. The number of thiazole rings is 1. The molecule has 1 heterocycles. The van der Waals surface area contributed by atoms with Crippen molar-refractivity contribution in [3.63, 3.8) is 0 Å². The normalized spacial score (nSPS) is 19.5. The van der Waals surface area contributed by atoms with Gasteiger partial charge in [-0.2, -0.15) is 13.2 Å². The van der Waals surface area contributed by atoms with E-state index in [2.05, 4.69) is 11.7 Å². The standard InChI is InChI=1S/C12H16F3NO2S/c1-8-2-3-9-10(6-8)19-11(17)16(9)4-5-18-7-12(13,14)15/h8H,2-7H2,1H3/t8-/m0/s1. The summed E-state index contributed by atoms with van der Waals surface area (Å²) in [6.07, 6.45) is -1.57. The minimum absolute atomic E-state index is 0.0852. The van der Waals surface area contributed by atoms with Crippen LogP contribution < -0.4 is 4.87 Å². The second-order valence-electron chi connectivity index (χ2n) is 4.91. The van der Waals surface area contributed by atoms with Gasteiger partial charge in [0.05, 0.1) is 13.2 Å². The summed E-state index contributed by atoms with van der Waals surface area (Å²) in [6, 6.07) is 0. The molecule has 0 amide bonds. The topological polar surface area (TPSA) is 31.2 Å². The molecule has 108 valence electrons. The van der Waals surface area contributed by atoms with Crippen LogP contribution in [0.4, 0.5) is 13.2 Å². The average Bonchev–Trinajstić information content (AvgIpc) is 2.58. The van der Waals surface area contributed by atoms with Crippen molar-refractivity contribution in [2.75, 3.05) is 13.2 Å². The number of fused-ring (bicyclic) bond motifs is 1. The van der Waals surface area contributed by atoms with E-state index < -0.39 is 12.8 Å². The molecule has 0 fully saturated rings. The van der Waals surface area contributed by atoms with Gasteiger partial charge in [-0.3, -0.25) is 4.79 Å². The average molecular weight is 295 g/mol. The van der Waals surface area contributed by atoms with Gasteiger partial charge in [0.1, 0.15) is 6.61 Å². The fraction of sp³-hybridized carbons (Fsp3) is 0.750. The third-order valence-electron chi connectivity index (χ3n) is 3.21. The minimum atomic E-state index is -4.31. The van der Waals surface area contributed by atoms with Crippen LogP contribution in [0.3, 0.4) is 0 Å². The Bertz CT molecular complexity index is 492. The maximum absolute atomic E-state index is 11.9. The first kappa shape index (κ1) is 14.6. The molecule has 2 rings (SSSR count). The van der Waals surface area contributed by atoms with Crippen molar-refractivity contribution < 1.29 is 17.9 Å². The molecule has 0 bridgehead atoms. The van der Waals surface area contributed by atoms with Gasteiger partial charge in [-0.25, -0.2) is 0 Å². The highest BCUT2D eigenvalue weighted by Gasteiger charge is 2.27. The molecule has 1 aromatic heterocycles. The molecule has 0 radical (unpaired) electrons. The Balaban J connectivity index is 1.96. The summed E-state index contributed by atoms with van der Waals surface area (Å²) >= 11 is 1.21. The number of halogens is 3. The first-order valence-corrected chi connectivity index (χ1v) is 7.04. The molecule has 1 aliphatic carbocycles.